The Morgan fingerprint density at radius 1 is 1.33 bits per heavy atom. The highest BCUT2D eigenvalue weighted by Gasteiger charge is 2.12. The second-order valence-electron chi connectivity index (χ2n) is 3.55. The lowest BCUT2D eigenvalue weighted by Crippen LogP contribution is -2.06. The number of allylic oxidation sites excluding steroid dienone is 1. The van der Waals surface area contributed by atoms with Gasteiger partial charge in [-0.2, -0.15) is 0 Å². The fourth-order valence-electron chi connectivity index (χ4n) is 1.30. The van der Waals surface area contributed by atoms with E-state index in [0.29, 0.717) is 5.57 Å². The molecule has 1 aromatic rings. The molecule has 0 spiro atoms. The van der Waals surface area contributed by atoms with Gasteiger partial charge in [-0.25, -0.2) is 8.78 Å². The van der Waals surface area contributed by atoms with Gasteiger partial charge in [0.15, 0.2) is 0 Å². The molecule has 80 valence electrons. The third kappa shape index (κ3) is 3.27. The van der Waals surface area contributed by atoms with Crippen LogP contribution in [0.4, 0.5) is 8.78 Å². The molecule has 0 atom stereocenters. The Labute approximate surface area is 87.4 Å². The van der Waals surface area contributed by atoms with Gasteiger partial charge in [0.25, 0.3) is 0 Å². The predicted octanol–water partition coefficient (Wildman–Crippen LogP) is 3.04. The molecule has 0 heterocycles. The van der Waals surface area contributed by atoms with E-state index in [0.717, 1.165) is 12.1 Å². The Balaban J connectivity index is 2.80. The lowest BCUT2D eigenvalue weighted by Gasteiger charge is -2.03. The zero-order valence-corrected chi connectivity index (χ0v) is 8.52. The van der Waals surface area contributed by atoms with Crippen molar-refractivity contribution in [3.05, 3.63) is 47.5 Å². The SMILES string of the molecule is C=C(C)CC(=O)Cc1c(F)cccc1F. The fraction of sp³-hybridized carbons (Fsp3) is 0.250. The van der Waals surface area contributed by atoms with Gasteiger partial charge in [-0.05, 0) is 19.1 Å². The summed E-state index contributed by atoms with van der Waals surface area (Å²) in [7, 11) is 0. The van der Waals surface area contributed by atoms with Gasteiger partial charge in [0.2, 0.25) is 0 Å². The number of hydrogen-bond donors (Lipinski definition) is 0. The molecule has 0 saturated carbocycles. The summed E-state index contributed by atoms with van der Waals surface area (Å²) in [6.07, 6.45) is -0.0564. The summed E-state index contributed by atoms with van der Waals surface area (Å²) in [6.45, 7) is 5.28. The predicted molar refractivity (Wildman–Crippen MR) is 54.5 cm³/mol. The molecule has 0 bridgehead atoms. The molecule has 3 heteroatoms. The van der Waals surface area contributed by atoms with Crippen LogP contribution in [0.5, 0.6) is 0 Å². The van der Waals surface area contributed by atoms with Crippen LogP contribution in [0, 0.1) is 11.6 Å². The first-order valence-corrected chi connectivity index (χ1v) is 4.59. The van der Waals surface area contributed by atoms with Crippen molar-refractivity contribution in [2.45, 2.75) is 19.8 Å². The van der Waals surface area contributed by atoms with Crippen LogP contribution in [0.2, 0.25) is 0 Å². The van der Waals surface area contributed by atoms with E-state index < -0.39 is 11.6 Å². The Bertz CT molecular complexity index is 376. The van der Waals surface area contributed by atoms with Gasteiger partial charge >= 0.3 is 0 Å². The molecule has 0 aliphatic heterocycles. The molecule has 0 N–H and O–H groups in total. The summed E-state index contributed by atoms with van der Waals surface area (Å²) < 4.78 is 26.3. The van der Waals surface area contributed by atoms with Crippen LogP contribution in [-0.4, -0.2) is 5.78 Å². The van der Waals surface area contributed by atoms with Crippen molar-refractivity contribution >= 4 is 5.78 Å². The number of rotatable bonds is 4. The van der Waals surface area contributed by atoms with Gasteiger partial charge in [0.05, 0.1) is 0 Å². The maximum absolute atomic E-state index is 13.1. The van der Waals surface area contributed by atoms with Gasteiger partial charge in [0.1, 0.15) is 17.4 Å². The average Bonchev–Trinajstić information content (AvgIpc) is 2.10. The molecular formula is C12H12F2O. The van der Waals surface area contributed by atoms with Crippen molar-refractivity contribution in [2.75, 3.05) is 0 Å². The molecule has 0 fully saturated rings. The average molecular weight is 210 g/mol. The van der Waals surface area contributed by atoms with Crippen LogP contribution >= 0.6 is 0 Å². The highest BCUT2D eigenvalue weighted by Crippen LogP contribution is 2.14. The normalized spacial score (nSPS) is 10.1. The molecule has 0 saturated heterocycles. The molecule has 1 aromatic carbocycles. The van der Waals surface area contributed by atoms with Gasteiger partial charge < -0.3 is 0 Å². The zero-order valence-electron chi connectivity index (χ0n) is 8.52. The minimum atomic E-state index is -0.676. The van der Waals surface area contributed by atoms with Gasteiger partial charge in [0, 0.05) is 18.4 Å². The number of benzene rings is 1. The van der Waals surface area contributed by atoms with E-state index in [4.69, 9.17) is 0 Å². The van der Waals surface area contributed by atoms with E-state index in [-0.39, 0.29) is 24.2 Å². The van der Waals surface area contributed by atoms with Crippen molar-refractivity contribution in [1.82, 2.24) is 0 Å². The highest BCUT2D eigenvalue weighted by molar-refractivity contribution is 5.82. The van der Waals surface area contributed by atoms with Crippen molar-refractivity contribution in [3.63, 3.8) is 0 Å². The quantitative estimate of drug-likeness (QED) is 0.698. The maximum Gasteiger partial charge on any atom is 0.141 e. The zero-order chi connectivity index (χ0) is 11.4. The van der Waals surface area contributed by atoms with Crippen LogP contribution < -0.4 is 0 Å². The molecule has 0 unspecified atom stereocenters. The van der Waals surface area contributed by atoms with E-state index in [9.17, 15) is 13.6 Å². The smallest absolute Gasteiger partial charge is 0.141 e. The Kier molecular flexibility index (Phi) is 3.72. The van der Waals surface area contributed by atoms with E-state index in [1.807, 2.05) is 0 Å². The van der Waals surface area contributed by atoms with E-state index in [2.05, 4.69) is 6.58 Å². The summed E-state index contributed by atoms with van der Waals surface area (Å²) in [5.74, 6) is -1.58. The lowest BCUT2D eigenvalue weighted by molar-refractivity contribution is -0.117. The number of hydrogen-bond acceptors (Lipinski definition) is 1. The largest absolute Gasteiger partial charge is 0.299 e. The van der Waals surface area contributed by atoms with Gasteiger partial charge in [-0.15, -0.1) is 0 Å². The second-order valence-corrected chi connectivity index (χ2v) is 3.55. The number of Topliss-reactive ketones (excluding diaryl/α,β-unsaturated/α-hetero) is 1. The summed E-state index contributed by atoms with van der Waals surface area (Å²) in [5, 5.41) is 0. The van der Waals surface area contributed by atoms with Crippen LogP contribution in [0.25, 0.3) is 0 Å². The summed E-state index contributed by atoms with van der Waals surface area (Å²) in [4.78, 5) is 11.3. The Morgan fingerprint density at radius 3 is 2.33 bits per heavy atom. The van der Waals surface area contributed by atoms with E-state index in [1.54, 1.807) is 6.92 Å². The number of carbonyl (C=O) groups excluding carboxylic acids is 1. The van der Waals surface area contributed by atoms with Crippen LogP contribution in [0.3, 0.4) is 0 Å². The molecule has 0 aliphatic rings. The maximum atomic E-state index is 13.1. The monoisotopic (exact) mass is 210 g/mol. The third-order valence-electron chi connectivity index (χ3n) is 1.93. The molecule has 0 aliphatic carbocycles. The Morgan fingerprint density at radius 2 is 1.87 bits per heavy atom. The summed E-state index contributed by atoms with van der Waals surface area (Å²) >= 11 is 0. The van der Waals surface area contributed by atoms with Crippen molar-refractivity contribution in [3.8, 4) is 0 Å². The molecule has 0 radical (unpaired) electrons. The van der Waals surface area contributed by atoms with Crippen molar-refractivity contribution in [1.29, 1.82) is 0 Å². The van der Waals surface area contributed by atoms with Crippen LogP contribution in [-0.2, 0) is 11.2 Å². The minimum absolute atomic E-state index is 0.160. The third-order valence-corrected chi connectivity index (χ3v) is 1.93. The fourth-order valence-corrected chi connectivity index (χ4v) is 1.30. The lowest BCUT2D eigenvalue weighted by atomic mass is 10.0. The molecule has 1 nitrogen and oxygen atoms in total. The minimum Gasteiger partial charge on any atom is -0.299 e. The first-order chi connectivity index (χ1) is 7.00. The first kappa shape index (κ1) is 11.6. The number of halogens is 2. The summed E-state index contributed by atoms with van der Waals surface area (Å²) in [5.41, 5.74) is 0.528. The summed E-state index contributed by atoms with van der Waals surface area (Å²) in [6, 6.07) is 3.57. The molecule has 1 rings (SSSR count). The van der Waals surface area contributed by atoms with Gasteiger partial charge in [-0.3, -0.25) is 4.79 Å². The van der Waals surface area contributed by atoms with Gasteiger partial charge in [-0.1, -0.05) is 18.2 Å². The topological polar surface area (TPSA) is 17.1 Å². The van der Waals surface area contributed by atoms with Crippen LogP contribution in [0.15, 0.2) is 30.4 Å². The van der Waals surface area contributed by atoms with E-state index >= 15 is 0 Å². The Hall–Kier alpha value is -1.51. The van der Waals surface area contributed by atoms with Crippen LogP contribution in [0.1, 0.15) is 18.9 Å². The molecule has 0 amide bonds. The highest BCUT2D eigenvalue weighted by atomic mass is 19.1. The molecular weight excluding hydrogens is 198 g/mol. The molecule has 0 aromatic heterocycles. The second kappa shape index (κ2) is 4.82. The number of carbonyl (C=O) groups is 1. The van der Waals surface area contributed by atoms with E-state index in [1.165, 1.54) is 6.07 Å². The van der Waals surface area contributed by atoms with Crippen molar-refractivity contribution in [2.24, 2.45) is 0 Å². The number of ketones is 1. The van der Waals surface area contributed by atoms with Crippen molar-refractivity contribution < 1.29 is 13.6 Å². The molecule has 15 heavy (non-hydrogen) atoms. The first-order valence-electron chi connectivity index (χ1n) is 4.59. The standard InChI is InChI=1S/C12H12F2O/c1-8(2)6-9(15)7-10-11(13)4-3-5-12(10)14/h3-5H,1,6-7H2,2H3.